The summed E-state index contributed by atoms with van der Waals surface area (Å²) in [5.74, 6) is -0.522. The summed E-state index contributed by atoms with van der Waals surface area (Å²) in [4.78, 5) is 34.2. The first-order valence-electron chi connectivity index (χ1n) is 9.68. The fourth-order valence-electron chi connectivity index (χ4n) is 2.74. The summed E-state index contributed by atoms with van der Waals surface area (Å²) in [6, 6.07) is 17.3. The molecule has 2 amide bonds. The molecule has 0 bridgehead atoms. The van der Waals surface area contributed by atoms with Crippen LogP contribution in [0.3, 0.4) is 0 Å². The summed E-state index contributed by atoms with van der Waals surface area (Å²) in [6.07, 6.45) is 1.38. The Morgan fingerprint density at radius 3 is 2.55 bits per heavy atom. The molecule has 0 aliphatic heterocycles. The molecule has 3 aromatic rings. The quantitative estimate of drug-likeness (QED) is 0.290. The number of non-ortho nitro benzene ring substituents is 1. The van der Waals surface area contributed by atoms with Crippen molar-refractivity contribution in [3.05, 3.63) is 98.6 Å². The summed E-state index contributed by atoms with van der Waals surface area (Å²) in [7, 11) is 0. The molecular weight excluding hydrogens is 448 g/mol. The van der Waals surface area contributed by atoms with Gasteiger partial charge in [-0.2, -0.15) is 5.10 Å². The van der Waals surface area contributed by atoms with E-state index in [4.69, 9.17) is 16.3 Å². The number of hydrazone groups is 1. The summed E-state index contributed by atoms with van der Waals surface area (Å²) in [6.45, 7) is 1.71. The Labute approximate surface area is 194 Å². The van der Waals surface area contributed by atoms with Gasteiger partial charge in [-0.25, -0.2) is 5.43 Å². The van der Waals surface area contributed by atoms with Crippen LogP contribution in [0.25, 0.3) is 0 Å². The molecule has 10 heteroatoms. The van der Waals surface area contributed by atoms with E-state index in [0.29, 0.717) is 17.0 Å². The Hall–Kier alpha value is -4.24. The summed E-state index contributed by atoms with van der Waals surface area (Å²) in [5, 5.41) is 17.5. The zero-order valence-corrected chi connectivity index (χ0v) is 18.2. The van der Waals surface area contributed by atoms with Crippen LogP contribution in [0.2, 0.25) is 5.02 Å². The minimum absolute atomic E-state index is 0.111. The zero-order chi connectivity index (χ0) is 23.8. The van der Waals surface area contributed by atoms with Crippen LogP contribution in [-0.4, -0.2) is 29.6 Å². The molecule has 3 aromatic carbocycles. The van der Waals surface area contributed by atoms with Crippen LogP contribution >= 0.6 is 11.6 Å². The van der Waals surface area contributed by atoms with Crippen LogP contribution in [0.5, 0.6) is 5.75 Å². The number of aryl methyl sites for hydroxylation is 1. The number of hydrogen-bond donors (Lipinski definition) is 2. The van der Waals surface area contributed by atoms with Gasteiger partial charge in [-0.05, 0) is 60.5 Å². The molecule has 0 saturated carbocycles. The molecule has 0 aromatic heterocycles. The number of benzene rings is 3. The van der Waals surface area contributed by atoms with Crippen LogP contribution in [-0.2, 0) is 4.79 Å². The lowest BCUT2D eigenvalue weighted by Gasteiger charge is -2.09. The second-order valence-electron chi connectivity index (χ2n) is 6.90. The number of nitrogens with one attached hydrogen (secondary N) is 2. The average Bonchev–Trinajstić information content (AvgIpc) is 2.78. The van der Waals surface area contributed by atoms with Crippen molar-refractivity contribution in [2.45, 2.75) is 6.92 Å². The first-order valence-corrected chi connectivity index (χ1v) is 10.1. The number of anilines is 1. The molecule has 3 rings (SSSR count). The fraction of sp³-hybridized carbons (Fsp3) is 0.0870. The number of nitro groups is 1. The van der Waals surface area contributed by atoms with E-state index in [9.17, 15) is 19.7 Å². The van der Waals surface area contributed by atoms with Crippen molar-refractivity contribution in [3.63, 3.8) is 0 Å². The largest absolute Gasteiger partial charge is 0.482 e. The minimum atomic E-state index is -0.548. The number of rotatable bonds is 8. The third kappa shape index (κ3) is 6.88. The molecular formula is C23H19ClN4O5. The molecule has 0 aliphatic rings. The van der Waals surface area contributed by atoms with E-state index in [-0.39, 0.29) is 28.8 Å². The molecule has 0 unspecified atom stereocenters. The Balaban J connectivity index is 1.52. The molecule has 0 spiro atoms. The number of halogens is 1. The molecule has 0 atom stereocenters. The Bertz CT molecular complexity index is 1210. The lowest BCUT2D eigenvalue weighted by atomic mass is 10.2. The van der Waals surface area contributed by atoms with Crippen molar-refractivity contribution in [2.24, 2.45) is 5.10 Å². The maximum atomic E-state index is 12.1. The van der Waals surface area contributed by atoms with Gasteiger partial charge in [-0.1, -0.05) is 23.7 Å². The van der Waals surface area contributed by atoms with Crippen LogP contribution in [0.4, 0.5) is 11.4 Å². The predicted octanol–water partition coefficient (Wildman–Crippen LogP) is 4.34. The van der Waals surface area contributed by atoms with Gasteiger partial charge < -0.3 is 10.1 Å². The number of nitrogens with zero attached hydrogens (tertiary/aromatic N) is 2. The van der Waals surface area contributed by atoms with Crippen molar-refractivity contribution < 1.29 is 19.2 Å². The van der Waals surface area contributed by atoms with Crippen LogP contribution in [0, 0.1) is 17.0 Å². The molecule has 168 valence electrons. The van der Waals surface area contributed by atoms with Crippen molar-refractivity contribution in [1.82, 2.24) is 5.43 Å². The maximum absolute atomic E-state index is 12.1. The lowest BCUT2D eigenvalue weighted by molar-refractivity contribution is -0.384. The van der Waals surface area contributed by atoms with E-state index in [0.717, 1.165) is 5.56 Å². The van der Waals surface area contributed by atoms with Gasteiger partial charge in [0.1, 0.15) is 5.75 Å². The third-order valence-electron chi connectivity index (χ3n) is 4.34. The van der Waals surface area contributed by atoms with Crippen molar-refractivity contribution >= 4 is 41.0 Å². The number of hydrogen-bond acceptors (Lipinski definition) is 6. The number of carbonyl (C=O) groups excluding carboxylic acids is 2. The number of nitro benzene ring substituents is 1. The van der Waals surface area contributed by atoms with E-state index >= 15 is 0 Å². The van der Waals surface area contributed by atoms with Gasteiger partial charge in [-0.3, -0.25) is 19.7 Å². The predicted molar refractivity (Wildman–Crippen MR) is 125 cm³/mol. The molecule has 0 heterocycles. The second-order valence-corrected chi connectivity index (χ2v) is 7.31. The molecule has 9 nitrogen and oxygen atoms in total. The average molecular weight is 467 g/mol. The smallest absolute Gasteiger partial charge is 0.271 e. The maximum Gasteiger partial charge on any atom is 0.271 e. The van der Waals surface area contributed by atoms with Gasteiger partial charge in [0.15, 0.2) is 6.61 Å². The van der Waals surface area contributed by atoms with Gasteiger partial charge in [0.2, 0.25) is 0 Å². The first kappa shape index (κ1) is 23.4. The SMILES string of the molecule is Cc1cccc(NC(=O)COc2ccc(/C=N/NC(=O)c3ccc([N+](=O)[O-])cc3)cc2Cl)c1. The number of ether oxygens (including phenoxy) is 1. The first-order chi connectivity index (χ1) is 15.8. The normalized spacial score (nSPS) is 10.6. The van der Waals surface area contributed by atoms with E-state index in [1.807, 2.05) is 25.1 Å². The summed E-state index contributed by atoms with van der Waals surface area (Å²) >= 11 is 6.21. The van der Waals surface area contributed by atoms with Gasteiger partial charge in [0.25, 0.3) is 17.5 Å². The Morgan fingerprint density at radius 2 is 1.88 bits per heavy atom. The number of carbonyl (C=O) groups is 2. The Kier molecular flexibility index (Phi) is 7.72. The molecule has 0 fully saturated rings. The second kappa shape index (κ2) is 10.9. The molecule has 0 radical (unpaired) electrons. The van der Waals surface area contributed by atoms with Crippen LogP contribution < -0.4 is 15.5 Å². The molecule has 0 saturated heterocycles. The summed E-state index contributed by atoms with van der Waals surface area (Å²) in [5.41, 5.74) is 4.73. The van der Waals surface area contributed by atoms with Crippen molar-refractivity contribution in [1.29, 1.82) is 0 Å². The van der Waals surface area contributed by atoms with Gasteiger partial charge >= 0.3 is 0 Å². The van der Waals surface area contributed by atoms with Crippen molar-refractivity contribution in [3.8, 4) is 5.75 Å². The van der Waals surface area contributed by atoms with Crippen molar-refractivity contribution in [2.75, 3.05) is 11.9 Å². The molecule has 33 heavy (non-hydrogen) atoms. The zero-order valence-electron chi connectivity index (χ0n) is 17.4. The van der Waals surface area contributed by atoms with Gasteiger partial charge in [0, 0.05) is 23.4 Å². The van der Waals surface area contributed by atoms with E-state index in [1.54, 1.807) is 24.3 Å². The highest BCUT2D eigenvalue weighted by Crippen LogP contribution is 2.25. The monoisotopic (exact) mass is 466 g/mol. The lowest BCUT2D eigenvalue weighted by Crippen LogP contribution is -2.20. The highest BCUT2D eigenvalue weighted by Gasteiger charge is 2.09. The molecule has 0 aliphatic carbocycles. The highest BCUT2D eigenvalue weighted by molar-refractivity contribution is 6.32. The van der Waals surface area contributed by atoms with Gasteiger partial charge in [-0.15, -0.1) is 0 Å². The topological polar surface area (TPSA) is 123 Å². The van der Waals surface area contributed by atoms with Crippen LogP contribution in [0.15, 0.2) is 71.8 Å². The minimum Gasteiger partial charge on any atom is -0.482 e. The van der Waals surface area contributed by atoms with Crippen LogP contribution in [0.1, 0.15) is 21.5 Å². The van der Waals surface area contributed by atoms with Gasteiger partial charge in [0.05, 0.1) is 16.2 Å². The van der Waals surface area contributed by atoms with E-state index in [1.165, 1.54) is 30.5 Å². The van der Waals surface area contributed by atoms with E-state index in [2.05, 4.69) is 15.8 Å². The third-order valence-corrected chi connectivity index (χ3v) is 4.63. The van der Waals surface area contributed by atoms with E-state index < -0.39 is 10.8 Å². The molecule has 2 N–H and O–H groups in total. The Morgan fingerprint density at radius 1 is 1.12 bits per heavy atom. The fourth-order valence-corrected chi connectivity index (χ4v) is 2.99. The highest BCUT2D eigenvalue weighted by atomic mass is 35.5. The number of amides is 2. The standard InChI is InChI=1S/C23H19ClN4O5/c1-15-3-2-4-18(11-15)26-22(29)14-33-21-10-5-16(12-20(21)24)13-25-27-23(30)17-6-8-19(9-7-17)28(31)32/h2-13H,14H2,1H3,(H,26,29)(H,27,30)/b25-13+. The summed E-state index contributed by atoms with van der Waals surface area (Å²) < 4.78 is 5.48.